The van der Waals surface area contributed by atoms with Crippen LogP contribution in [-0.4, -0.2) is 46.9 Å². The van der Waals surface area contributed by atoms with Gasteiger partial charge < -0.3 is 15.0 Å². The Hall–Kier alpha value is -4.59. The number of hydrogen-bond donors (Lipinski definition) is 2. The van der Waals surface area contributed by atoms with Crippen molar-refractivity contribution in [1.82, 2.24) is 15.2 Å². The number of nitrogens with zero attached hydrogens (tertiary/aromatic N) is 2. The quantitative estimate of drug-likeness (QED) is 0.312. The first-order valence-corrected chi connectivity index (χ1v) is 14.3. The fourth-order valence-corrected chi connectivity index (χ4v) is 6.72. The summed E-state index contributed by atoms with van der Waals surface area (Å²) in [5.74, 6) is 0.338. The fraction of sp³-hybridized carbons (Fsp3) is 0.303. The van der Waals surface area contributed by atoms with E-state index in [2.05, 4.69) is 16.4 Å². The zero-order valence-corrected chi connectivity index (χ0v) is 22.9. The molecule has 2 fully saturated rings. The van der Waals surface area contributed by atoms with Crippen molar-refractivity contribution < 1.29 is 19.1 Å². The van der Waals surface area contributed by atoms with E-state index in [1.54, 1.807) is 36.3 Å². The minimum absolute atomic E-state index is 0.120. The summed E-state index contributed by atoms with van der Waals surface area (Å²) in [7, 11) is 1.62. The Morgan fingerprint density at radius 1 is 0.927 bits per heavy atom. The number of ether oxygens (including phenoxy) is 1. The van der Waals surface area contributed by atoms with Crippen LogP contribution in [0.4, 0.5) is 10.5 Å². The number of hydrogen-bond acceptors (Lipinski definition) is 4. The maximum atomic E-state index is 14.1. The van der Waals surface area contributed by atoms with Crippen LogP contribution in [0.15, 0.2) is 72.8 Å². The highest BCUT2D eigenvalue weighted by molar-refractivity contribution is 6.22. The Labute approximate surface area is 238 Å². The number of amides is 4. The van der Waals surface area contributed by atoms with Crippen LogP contribution in [0.25, 0.3) is 10.9 Å². The van der Waals surface area contributed by atoms with Crippen molar-refractivity contribution >= 4 is 34.4 Å². The van der Waals surface area contributed by atoms with Crippen LogP contribution in [0.1, 0.15) is 65.3 Å². The molecule has 1 aliphatic carbocycles. The minimum Gasteiger partial charge on any atom is -0.497 e. The molecule has 3 aromatic carbocycles. The molecule has 8 nitrogen and oxygen atoms in total. The molecule has 2 atom stereocenters. The molecule has 1 aromatic heterocycles. The molecule has 0 radical (unpaired) electrons. The zero-order chi connectivity index (χ0) is 28.1. The lowest BCUT2D eigenvalue weighted by atomic mass is 9.89. The summed E-state index contributed by atoms with van der Waals surface area (Å²) < 4.78 is 5.36. The molecule has 3 heterocycles. The Kier molecular flexibility index (Phi) is 6.26. The first kappa shape index (κ1) is 25.4. The first-order valence-electron chi connectivity index (χ1n) is 14.3. The van der Waals surface area contributed by atoms with Gasteiger partial charge in [-0.2, -0.15) is 0 Å². The van der Waals surface area contributed by atoms with Gasteiger partial charge >= 0.3 is 6.03 Å². The van der Waals surface area contributed by atoms with Crippen LogP contribution in [0.2, 0.25) is 0 Å². The highest BCUT2D eigenvalue weighted by Gasteiger charge is 2.53. The van der Waals surface area contributed by atoms with E-state index >= 15 is 0 Å². The zero-order valence-electron chi connectivity index (χ0n) is 22.9. The number of rotatable bonds is 5. The Morgan fingerprint density at radius 3 is 2.39 bits per heavy atom. The van der Waals surface area contributed by atoms with Gasteiger partial charge in [-0.05, 0) is 66.4 Å². The molecule has 3 aliphatic rings. The van der Waals surface area contributed by atoms with Crippen molar-refractivity contribution in [2.24, 2.45) is 0 Å². The summed E-state index contributed by atoms with van der Waals surface area (Å²) in [5, 5.41) is 4.19. The van der Waals surface area contributed by atoms with E-state index in [4.69, 9.17) is 4.74 Å². The predicted molar refractivity (Wildman–Crippen MR) is 156 cm³/mol. The maximum absolute atomic E-state index is 14.1. The molecule has 1 unspecified atom stereocenters. The third-order valence-electron chi connectivity index (χ3n) is 8.81. The average Bonchev–Trinajstić information content (AvgIpc) is 3.50. The number of nitrogens with one attached hydrogen (secondary N) is 2. The molecule has 41 heavy (non-hydrogen) atoms. The van der Waals surface area contributed by atoms with Gasteiger partial charge in [0.25, 0.3) is 11.8 Å². The molecule has 2 aliphatic heterocycles. The first-order chi connectivity index (χ1) is 20.0. The summed E-state index contributed by atoms with van der Waals surface area (Å²) >= 11 is 0. The molecule has 208 valence electrons. The third kappa shape index (κ3) is 4.25. The van der Waals surface area contributed by atoms with Gasteiger partial charge in [0.05, 0.1) is 12.8 Å². The number of fused-ring (bicyclic) bond motifs is 4. The minimum atomic E-state index is -0.643. The van der Waals surface area contributed by atoms with Crippen LogP contribution in [0, 0.1) is 0 Å². The van der Waals surface area contributed by atoms with Gasteiger partial charge in [-0.1, -0.05) is 49.6 Å². The van der Waals surface area contributed by atoms with E-state index in [0.717, 1.165) is 59.2 Å². The summed E-state index contributed by atoms with van der Waals surface area (Å²) in [6.07, 6.45) is 5.93. The van der Waals surface area contributed by atoms with Crippen molar-refractivity contribution in [3.63, 3.8) is 0 Å². The Balaban J connectivity index is 1.22. The number of methoxy groups -OCH3 is 1. The molecule has 1 saturated carbocycles. The van der Waals surface area contributed by atoms with E-state index in [1.165, 1.54) is 11.3 Å². The molecule has 4 amide bonds. The predicted octanol–water partition coefficient (Wildman–Crippen LogP) is 5.72. The third-order valence-corrected chi connectivity index (χ3v) is 8.81. The molecule has 4 aromatic rings. The van der Waals surface area contributed by atoms with Gasteiger partial charge in [0.15, 0.2) is 0 Å². The molecule has 2 N–H and O–H groups in total. The number of urea groups is 1. The largest absolute Gasteiger partial charge is 0.497 e. The monoisotopic (exact) mass is 548 g/mol. The second kappa shape index (κ2) is 10.1. The number of benzene rings is 3. The number of para-hydroxylation sites is 1. The van der Waals surface area contributed by atoms with Crippen molar-refractivity contribution in [2.45, 2.75) is 56.7 Å². The van der Waals surface area contributed by atoms with Crippen LogP contribution in [0.3, 0.4) is 0 Å². The Morgan fingerprint density at radius 2 is 1.66 bits per heavy atom. The van der Waals surface area contributed by atoms with E-state index in [-0.39, 0.29) is 23.9 Å². The Bertz CT molecular complexity index is 1640. The van der Waals surface area contributed by atoms with Gasteiger partial charge in [0.1, 0.15) is 17.8 Å². The summed E-state index contributed by atoms with van der Waals surface area (Å²) in [4.78, 5) is 47.4. The smallest absolute Gasteiger partial charge is 0.332 e. The second-order valence-electron chi connectivity index (χ2n) is 11.2. The molecular weight excluding hydrogens is 516 g/mol. The highest BCUT2D eigenvalue weighted by Crippen LogP contribution is 2.45. The summed E-state index contributed by atoms with van der Waals surface area (Å²) in [6.45, 7) is 0. The number of H-pyrrole nitrogens is 1. The van der Waals surface area contributed by atoms with Gasteiger partial charge in [0.2, 0.25) is 0 Å². The number of anilines is 1. The number of carbonyl (C=O) groups is 3. The average molecular weight is 549 g/mol. The van der Waals surface area contributed by atoms with Crippen LogP contribution >= 0.6 is 0 Å². The molecule has 0 bridgehead atoms. The normalized spacial score (nSPS) is 20.7. The van der Waals surface area contributed by atoms with Crippen LogP contribution in [-0.2, 0) is 11.2 Å². The van der Waals surface area contributed by atoms with Crippen molar-refractivity contribution in [3.05, 3.63) is 95.2 Å². The van der Waals surface area contributed by atoms with Crippen LogP contribution in [0.5, 0.6) is 5.75 Å². The number of aromatic amines is 1. The number of imide groups is 1. The topological polar surface area (TPSA) is 94.7 Å². The lowest BCUT2D eigenvalue weighted by molar-refractivity contribution is -0.120. The SMILES string of the molecule is COc1ccc(C2c3[nH]c4ccccc4c3C[C@H]3C(=O)N(c4ccc(C(=O)NC5CCCCC5)cc4)C(=O)N23)cc1. The van der Waals surface area contributed by atoms with Crippen molar-refractivity contribution in [3.8, 4) is 5.75 Å². The van der Waals surface area contributed by atoms with Gasteiger partial charge in [-0.15, -0.1) is 0 Å². The van der Waals surface area contributed by atoms with E-state index in [0.29, 0.717) is 17.7 Å². The molecule has 7 rings (SSSR count). The lowest BCUT2D eigenvalue weighted by Gasteiger charge is -2.36. The molecule has 8 heteroatoms. The van der Waals surface area contributed by atoms with Gasteiger partial charge in [-0.25, -0.2) is 9.69 Å². The van der Waals surface area contributed by atoms with E-state index in [9.17, 15) is 14.4 Å². The molecular formula is C33H32N4O4. The van der Waals surface area contributed by atoms with E-state index in [1.807, 2.05) is 42.5 Å². The van der Waals surface area contributed by atoms with Crippen molar-refractivity contribution in [1.29, 1.82) is 0 Å². The van der Waals surface area contributed by atoms with Crippen LogP contribution < -0.4 is 15.0 Å². The second-order valence-corrected chi connectivity index (χ2v) is 11.2. The standard InChI is InChI=1S/C33H32N4O4/c1-41-24-17-13-20(14-18-24)30-29-26(25-9-5-6-10-27(25)35-29)19-28-32(39)36(33(40)37(28)30)23-15-11-21(12-16-23)31(38)34-22-7-3-2-4-8-22/h5-6,9-18,22,28,30,35H,2-4,7-8,19H2,1H3,(H,34,38)/t28-,30?/m0/s1. The number of aromatic nitrogens is 1. The lowest BCUT2D eigenvalue weighted by Crippen LogP contribution is -2.44. The van der Waals surface area contributed by atoms with Gasteiger partial charge in [-0.3, -0.25) is 14.5 Å². The molecule has 0 spiro atoms. The summed E-state index contributed by atoms with van der Waals surface area (Å²) in [5.41, 5.74) is 4.84. The summed E-state index contributed by atoms with van der Waals surface area (Å²) in [6, 6.07) is 21.2. The molecule has 1 saturated heterocycles. The number of carbonyl (C=O) groups excluding carboxylic acids is 3. The van der Waals surface area contributed by atoms with Crippen molar-refractivity contribution in [2.75, 3.05) is 12.0 Å². The van der Waals surface area contributed by atoms with E-state index < -0.39 is 12.1 Å². The van der Waals surface area contributed by atoms with Gasteiger partial charge in [0, 0.05) is 34.6 Å². The maximum Gasteiger partial charge on any atom is 0.332 e. The highest BCUT2D eigenvalue weighted by atomic mass is 16.5. The fourth-order valence-electron chi connectivity index (χ4n) is 6.72.